The van der Waals surface area contributed by atoms with E-state index in [2.05, 4.69) is 15.0 Å². The summed E-state index contributed by atoms with van der Waals surface area (Å²) in [7, 11) is -2.11. The zero-order valence-corrected chi connectivity index (χ0v) is 17.1. The van der Waals surface area contributed by atoms with E-state index >= 15 is 0 Å². The van der Waals surface area contributed by atoms with Gasteiger partial charge >= 0.3 is 0 Å². The van der Waals surface area contributed by atoms with Crippen molar-refractivity contribution in [3.8, 4) is 5.88 Å². The minimum Gasteiger partial charge on any atom is -0.474 e. The maximum Gasteiger partial charge on any atom is 0.255 e. The van der Waals surface area contributed by atoms with Crippen molar-refractivity contribution < 1.29 is 22.7 Å². The van der Waals surface area contributed by atoms with E-state index in [-0.39, 0.29) is 29.0 Å². The number of methoxy groups -OCH3 is 1. The van der Waals surface area contributed by atoms with Crippen LogP contribution >= 0.6 is 0 Å². The lowest BCUT2D eigenvalue weighted by atomic mass is 10.2. The summed E-state index contributed by atoms with van der Waals surface area (Å²) >= 11 is 0. The van der Waals surface area contributed by atoms with E-state index in [1.807, 2.05) is 0 Å². The second-order valence-electron chi connectivity index (χ2n) is 6.78. The number of carbonyl (C=O) groups excluding carboxylic acids is 1. The second-order valence-corrected chi connectivity index (χ2v) is 8.50. The Labute approximate surface area is 170 Å². The topological polar surface area (TPSA) is 107 Å². The van der Waals surface area contributed by atoms with Crippen LogP contribution in [0.3, 0.4) is 0 Å². The molecule has 29 heavy (non-hydrogen) atoms. The predicted molar refractivity (Wildman–Crippen MR) is 109 cm³/mol. The molecular formula is C20H25N3O5S. The summed E-state index contributed by atoms with van der Waals surface area (Å²) < 4.78 is 38.5. The van der Waals surface area contributed by atoms with Crippen LogP contribution in [0, 0.1) is 0 Å². The molecule has 1 aromatic heterocycles. The molecule has 2 aromatic rings. The lowest BCUT2D eigenvalue weighted by Gasteiger charge is -2.14. The van der Waals surface area contributed by atoms with Crippen LogP contribution < -0.4 is 14.8 Å². The average molecular weight is 420 g/mol. The normalized spacial score (nSPS) is 14.7. The molecule has 1 fully saturated rings. The fourth-order valence-corrected chi connectivity index (χ4v) is 4.50. The largest absolute Gasteiger partial charge is 0.474 e. The van der Waals surface area contributed by atoms with Gasteiger partial charge in [0.1, 0.15) is 12.3 Å². The molecule has 8 nitrogen and oxygen atoms in total. The number of carbonyl (C=O) groups is 1. The highest BCUT2D eigenvalue weighted by Crippen LogP contribution is 2.23. The summed E-state index contributed by atoms with van der Waals surface area (Å²) in [5, 5.41) is 2.72. The first kappa shape index (κ1) is 21.2. The molecule has 0 saturated heterocycles. The summed E-state index contributed by atoms with van der Waals surface area (Å²) in [6.07, 6.45) is 5.28. The standard InChI is InChI=1S/C20H25N3O5S/c1-27-12-13-28-20-18(10-5-11-21-20)22-19(24)15-6-4-9-17(14-15)29(25,26)23-16-7-2-3-8-16/h4-6,9-11,14,16,23H,2-3,7-8,12-13H2,1H3,(H,22,24). The number of nitrogens with zero attached hydrogens (tertiary/aromatic N) is 1. The molecule has 156 valence electrons. The third-order valence-electron chi connectivity index (χ3n) is 4.63. The molecule has 9 heteroatoms. The molecule has 0 unspecified atom stereocenters. The fourth-order valence-electron chi connectivity index (χ4n) is 3.15. The molecule has 1 aliphatic rings. The quantitative estimate of drug-likeness (QED) is 0.605. The molecule has 0 spiro atoms. The Morgan fingerprint density at radius 1 is 1.17 bits per heavy atom. The number of benzene rings is 1. The van der Waals surface area contributed by atoms with Crippen LogP contribution in [-0.4, -0.2) is 45.7 Å². The first-order valence-electron chi connectivity index (χ1n) is 9.50. The first-order valence-corrected chi connectivity index (χ1v) is 11.0. The number of ether oxygens (including phenoxy) is 2. The Hall–Kier alpha value is -2.49. The minimum absolute atomic E-state index is 0.0420. The molecule has 0 radical (unpaired) electrons. The van der Waals surface area contributed by atoms with Gasteiger partial charge in [-0.05, 0) is 43.2 Å². The van der Waals surface area contributed by atoms with Crippen LogP contribution in [0.4, 0.5) is 5.69 Å². The Morgan fingerprint density at radius 2 is 1.97 bits per heavy atom. The summed E-state index contributed by atoms with van der Waals surface area (Å²) in [4.78, 5) is 16.9. The van der Waals surface area contributed by atoms with Crippen molar-refractivity contribution >= 4 is 21.6 Å². The van der Waals surface area contributed by atoms with Crippen LogP contribution in [-0.2, 0) is 14.8 Å². The molecule has 1 aliphatic carbocycles. The molecular weight excluding hydrogens is 394 g/mol. The zero-order chi connectivity index (χ0) is 20.7. The van der Waals surface area contributed by atoms with E-state index < -0.39 is 15.9 Å². The van der Waals surface area contributed by atoms with Gasteiger partial charge in [0.05, 0.1) is 11.5 Å². The Bertz CT molecular complexity index is 943. The summed E-state index contributed by atoms with van der Waals surface area (Å²) in [6, 6.07) is 9.26. The Morgan fingerprint density at radius 3 is 2.72 bits per heavy atom. The van der Waals surface area contributed by atoms with Gasteiger partial charge in [-0.15, -0.1) is 0 Å². The zero-order valence-electron chi connectivity index (χ0n) is 16.3. The number of hydrogen-bond donors (Lipinski definition) is 2. The van der Waals surface area contributed by atoms with E-state index in [0.717, 1.165) is 25.7 Å². The Balaban J connectivity index is 1.73. The van der Waals surface area contributed by atoms with Crippen LogP contribution in [0.5, 0.6) is 5.88 Å². The Kier molecular flexibility index (Phi) is 7.18. The summed E-state index contributed by atoms with van der Waals surface area (Å²) in [5.74, 6) is -0.183. The highest BCUT2D eigenvalue weighted by Gasteiger charge is 2.23. The maximum atomic E-state index is 12.7. The van der Waals surface area contributed by atoms with E-state index in [0.29, 0.717) is 12.3 Å². The monoisotopic (exact) mass is 419 g/mol. The number of rotatable bonds is 9. The van der Waals surface area contributed by atoms with Crippen LogP contribution in [0.1, 0.15) is 36.0 Å². The highest BCUT2D eigenvalue weighted by atomic mass is 32.2. The van der Waals surface area contributed by atoms with Crippen molar-refractivity contribution in [1.29, 1.82) is 0 Å². The molecule has 0 atom stereocenters. The van der Waals surface area contributed by atoms with Gasteiger partial charge in [-0.25, -0.2) is 18.1 Å². The lowest BCUT2D eigenvalue weighted by Crippen LogP contribution is -2.32. The average Bonchev–Trinajstić information content (AvgIpc) is 3.22. The molecule has 1 aromatic carbocycles. The van der Waals surface area contributed by atoms with Gasteiger partial charge in [-0.3, -0.25) is 4.79 Å². The lowest BCUT2D eigenvalue weighted by molar-refractivity contribution is 0.102. The molecule has 0 aliphatic heterocycles. The van der Waals surface area contributed by atoms with Crippen molar-refractivity contribution in [3.05, 3.63) is 48.2 Å². The van der Waals surface area contributed by atoms with Crippen LogP contribution in [0.2, 0.25) is 0 Å². The molecule has 3 rings (SSSR count). The van der Waals surface area contributed by atoms with Gasteiger partial charge in [0.2, 0.25) is 15.9 Å². The van der Waals surface area contributed by atoms with Gasteiger partial charge in [0, 0.05) is 24.9 Å². The van der Waals surface area contributed by atoms with Crippen molar-refractivity contribution in [1.82, 2.24) is 9.71 Å². The van der Waals surface area contributed by atoms with E-state index in [4.69, 9.17) is 9.47 Å². The number of aromatic nitrogens is 1. The summed E-state index contributed by atoms with van der Waals surface area (Å²) in [5.41, 5.74) is 0.622. The van der Waals surface area contributed by atoms with Gasteiger partial charge in [0.25, 0.3) is 5.91 Å². The first-order chi connectivity index (χ1) is 14.0. The fraction of sp³-hybridized carbons (Fsp3) is 0.400. The maximum absolute atomic E-state index is 12.7. The van der Waals surface area contributed by atoms with Crippen molar-refractivity contribution in [3.63, 3.8) is 0 Å². The molecule has 0 bridgehead atoms. The minimum atomic E-state index is -3.68. The van der Waals surface area contributed by atoms with E-state index in [1.54, 1.807) is 37.6 Å². The van der Waals surface area contributed by atoms with Gasteiger partial charge in [-0.1, -0.05) is 18.9 Å². The molecule has 1 amide bonds. The highest BCUT2D eigenvalue weighted by molar-refractivity contribution is 7.89. The van der Waals surface area contributed by atoms with Gasteiger partial charge in [0.15, 0.2) is 0 Å². The number of sulfonamides is 1. The van der Waals surface area contributed by atoms with Crippen molar-refractivity contribution in [2.75, 3.05) is 25.6 Å². The SMILES string of the molecule is COCCOc1ncccc1NC(=O)c1cccc(S(=O)(=O)NC2CCCC2)c1. The third-order valence-corrected chi connectivity index (χ3v) is 6.15. The van der Waals surface area contributed by atoms with Gasteiger partial charge < -0.3 is 14.8 Å². The van der Waals surface area contributed by atoms with Crippen molar-refractivity contribution in [2.45, 2.75) is 36.6 Å². The summed E-state index contributed by atoms with van der Waals surface area (Å²) in [6.45, 7) is 0.675. The predicted octanol–water partition coefficient (Wildman–Crippen LogP) is 2.58. The molecule has 2 N–H and O–H groups in total. The third kappa shape index (κ3) is 5.75. The van der Waals surface area contributed by atoms with Gasteiger partial charge in [-0.2, -0.15) is 0 Å². The number of hydrogen-bond acceptors (Lipinski definition) is 6. The van der Waals surface area contributed by atoms with Crippen molar-refractivity contribution in [2.24, 2.45) is 0 Å². The second kappa shape index (κ2) is 9.82. The van der Waals surface area contributed by atoms with E-state index in [1.165, 1.54) is 12.1 Å². The van der Waals surface area contributed by atoms with Crippen LogP contribution in [0.25, 0.3) is 0 Å². The number of amides is 1. The molecule has 1 heterocycles. The van der Waals surface area contributed by atoms with Crippen LogP contribution in [0.15, 0.2) is 47.5 Å². The smallest absolute Gasteiger partial charge is 0.255 e. The number of anilines is 1. The van der Waals surface area contributed by atoms with E-state index in [9.17, 15) is 13.2 Å². The number of pyridine rings is 1. The molecule has 1 saturated carbocycles. The number of nitrogens with one attached hydrogen (secondary N) is 2.